The average Bonchev–Trinajstić information content (AvgIpc) is 2.72. The maximum atomic E-state index is 12.0. The van der Waals surface area contributed by atoms with Crippen LogP contribution in [0.4, 0.5) is 0 Å². The van der Waals surface area contributed by atoms with E-state index in [1.807, 2.05) is 13.8 Å². The second-order valence-electron chi connectivity index (χ2n) is 6.34. The molecule has 0 aliphatic heterocycles. The van der Waals surface area contributed by atoms with Crippen LogP contribution in [0.3, 0.4) is 0 Å². The number of allylic oxidation sites excluding steroid dienone is 2. The standard InChI is InChI=1S/C14H25NO3S/c1-10(2)9-11-12(14(11,3)4)13(16)15-7-6-8-19(5,17)18/h9,11-12H,6-8H2,1-5H3,(H,15,16)/t11-,12-/m0/s1. The van der Waals surface area contributed by atoms with E-state index >= 15 is 0 Å². The van der Waals surface area contributed by atoms with Crippen molar-refractivity contribution in [1.29, 1.82) is 0 Å². The summed E-state index contributed by atoms with van der Waals surface area (Å²) in [6.07, 6.45) is 3.84. The van der Waals surface area contributed by atoms with Crippen molar-refractivity contribution in [1.82, 2.24) is 5.32 Å². The fourth-order valence-electron chi connectivity index (χ4n) is 2.50. The van der Waals surface area contributed by atoms with E-state index in [1.54, 1.807) is 0 Å². The normalized spacial score (nSPS) is 24.7. The van der Waals surface area contributed by atoms with Gasteiger partial charge in [0.15, 0.2) is 0 Å². The Labute approximate surface area is 116 Å². The predicted molar refractivity (Wildman–Crippen MR) is 77.5 cm³/mol. The molecule has 2 atom stereocenters. The molecule has 0 bridgehead atoms. The Hall–Kier alpha value is -0.840. The fourth-order valence-corrected chi connectivity index (χ4v) is 3.17. The SMILES string of the molecule is CC(C)=C[C@H]1[C@@H](C(=O)NCCCS(C)(=O)=O)C1(C)C. The molecule has 0 unspecified atom stereocenters. The summed E-state index contributed by atoms with van der Waals surface area (Å²) in [5.74, 6) is 0.479. The smallest absolute Gasteiger partial charge is 0.224 e. The van der Waals surface area contributed by atoms with Crippen molar-refractivity contribution in [2.45, 2.75) is 34.1 Å². The monoisotopic (exact) mass is 287 g/mol. The van der Waals surface area contributed by atoms with Crippen molar-refractivity contribution in [2.75, 3.05) is 18.6 Å². The van der Waals surface area contributed by atoms with E-state index in [0.717, 1.165) is 0 Å². The van der Waals surface area contributed by atoms with Gasteiger partial charge in [0.2, 0.25) is 5.91 Å². The van der Waals surface area contributed by atoms with Gasteiger partial charge in [-0.3, -0.25) is 4.79 Å². The number of rotatable bonds is 6. The number of amides is 1. The van der Waals surface area contributed by atoms with Crippen LogP contribution in [0, 0.1) is 17.3 Å². The molecule has 1 saturated carbocycles. The molecule has 1 aliphatic rings. The Kier molecular flexibility index (Phi) is 4.82. The van der Waals surface area contributed by atoms with Crippen molar-refractivity contribution in [3.05, 3.63) is 11.6 Å². The summed E-state index contributed by atoms with van der Waals surface area (Å²) in [6.45, 7) is 8.70. The highest BCUT2D eigenvalue weighted by atomic mass is 32.2. The van der Waals surface area contributed by atoms with Gasteiger partial charge in [-0.1, -0.05) is 25.5 Å². The van der Waals surface area contributed by atoms with Gasteiger partial charge in [0.05, 0.1) is 11.7 Å². The Morgan fingerprint density at radius 1 is 1.32 bits per heavy atom. The van der Waals surface area contributed by atoms with Crippen molar-refractivity contribution in [2.24, 2.45) is 17.3 Å². The van der Waals surface area contributed by atoms with Gasteiger partial charge in [-0.2, -0.15) is 0 Å². The summed E-state index contributed by atoms with van der Waals surface area (Å²) in [7, 11) is -2.94. The van der Waals surface area contributed by atoms with Crippen LogP contribution >= 0.6 is 0 Å². The lowest BCUT2D eigenvalue weighted by molar-refractivity contribution is -0.123. The van der Waals surface area contributed by atoms with Crippen molar-refractivity contribution in [3.63, 3.8) is 0 Å². The Bertz CT molecular complexity index is 473. The van der Waals surface area contributed by atoms with Crippen LogP contribution in [0.15, 0.2) is 11.6 Å². The minimum absolute atomic E-state index is 0.0121. The number of hydrogen-bond donors (Lipinski definition) is 1. The molecule has 1 aliphatic carbocycles. The van der Waals surface area contributed by atoms with Crippen LogP contribution < -0.4 is 5.32 Å². The van der Waals surface area contributed by atoms with Crippen LogP contribution in [0.1, 0.15) is 34.1 Å². The molecule has 0 heterocycles. The van der Waals surface area contributed by atoms with Gasteiger partial charge in [0.1, 0.15) is 9.84 Å². The molecule has 5 heteroatoms. The maximum Gasteiger partial charge on any atom is 0.224 e. The zero-order chi connectivity index (χ0) is 14.8. The summed E-state index contributed by atoms with van der Waals surface area (Å²) in [5.41, 5.74) is 1.24. The van der Waals surface area contributed by atoms with Gasteiger partial charge in [-0.15, -0.1) is 0 Å². The van der Waals surface area contributed by atoms with Gasteiger partial charge in [0.25, 0.3) is 0 Å². The molecule has 0 aromatic rings. The molecule has 110 valence electrons. The molecule has 0 radical (unpaired) electrons. The topological polar surface area (TPSA) is 63.2 Å². The van der Waals surface area contributed by atoms with Crippen molar-refractivity contribution in [3.8, 4) is 0 Å². The van der Waals surface area contributed by atoms with Crippen molar-refractivity contribution < 1.29 is 13.2 Å². The molecule has 1 amide bonds. The highest BCUT2D eigenvalue weighted by Gasteiger charge is 2.60. The Balaban J connectivity index is 2.42. The molecule has 1 N–H and O–H groups in total. The molecule has 1 rings (SSSR count). The molecule has 0 spiro atoms. The second-order valence-corrected chi connectivity index (χ2v) is 8.60. The van der Waals surface area contributed by atoms with Crippen LogP contribution in [0.2, 0.25) is 0 Å². The highest BCUT2D eigenvalue weighted by molar-refractivity contribution is 7.90. The maximum absolute atomic E-state index is 12.0. The minimum Gasteiger partial charge on any atom is -0.356 e. The zero-order valence-corrected chi connectivity index (χ0v) is 13.3. The van der Waals surface area contributed by atoms with E-state index in [4.69, 9.17) is 0 Å². The lowest BCUT2D eigenvalue weighted by atomic mass is 10.1. The first kappa shape index (κ1) is 16.2. The van der Waals surface area contributed by atoms with E-state index < -0.39 is 9.84 Å². The first-order valence-electron chi connectivity index (χ1n) is 6.66. The van der Waals surface area contributed by atoms with E-state index in [1.165, 1.54) is 11.8 Å². The largest absolute Gasteiger partial charge is 0.356 e. The predicted octanol–water partition coefficient (Wildman–Crippen LogP) is 1.78. The van der Waals surface area contributed by atoms with Crippen LogP contribution in [-0.4, -0.2) is 32.9 Å². The third-order valence-corrected chi connectivity index (χ3v) is 4.73. The summed E-state index contributed by atoms with van der Waals surface area (Å²) < 4.78 is 22.0. The molecule has 0 aromatic carbocycles. The third-order valence-electron chi connectivity index (χ3n) is 3.70. The fraction of sp³-hybridized carbons (Fsp3) is 0.786. The van der Waals surface area contributed by atoms with Gasteiger partial charge >= 0.3 is 0 Å². The third kappa shape index (κ3) is 4.64. The quantitative estimate of drug-likeness (QED) is 0.598. The van der Waals surface area contributed by atoms with E-state index in [2.05, 4.69) is 25.2 Å². The molecule has 1 fully saturated rings. The second kappa shape index (κ2) is 5.65. The van der Waals surface area contributed by atoms with Crippen LogP contribution in [-0.2, 0) is 14.6 Å². The molecular formula is C14H25NO3S. The molecular weight excluding hydrogens is 262 g/mol. The highest BCUT2D eigenvalue weighted by Crippen LogP contribution is 2.59. The summed E-state index contributed by atoms with van der Waals surface area (Å²) in [4.78, 5) is 12.0. The number of carbonyl (C=O) groups is 1. The van der Waals surface area contributed by atoms with Crippen molar-refractivity contribution >= 4 is 15.7 Å². The van der Waals surface area contributed by atoms with Gasteiger partial charge in [-0.25, -0.2) is 8.42 Å². The lowest BCUT2D eigenvalue weighted by Crippen LogP contribution is -2.28. The van der Waals surface area contributed by atoms with E-state index in [0.29, 0.717) is 18.9 Å². The number of nitrogens with one attached hydrogen (secondary N) is 1. The molecule has 19 heavy (non-hydrogen) atoms. The summed E-state index contributed by atoms with van der Waals surface area (Å²) in [5, 5.41) is 2.84. The number of carbonyl (C=O) groups excluding carboxylic acids is 1. The summed E-state index contributed by atoms with van der Waals surface area (Å²) >= 11 is 0. The Morgan fingerprint density at radius 2 is 1.89 bits per heavy atom. The first-order valence-corrected chi connectivity index (χ1v) is 8.72. The molecule has 0 saturated heterocycles. The Morgan fingerprint density at radius 3 is 2.37 bits per heavy atom. The van der Waals surface area contributed by atoms with E-state index in [-0.39, 0.29) is 23.0 Å². The molecule has 0 aromatic heterocycles. The van der Waals surface area contributed by atoms with Crippen LogP contribution in [0.5, 0.6) is 0 Å². The minimum atomic E-state index is -2.94. The summed E-state index contributed by atoms with van der Waals surface area (Å²) in [6, 6.07) is 0. The van der Waals surface area contributed by atoms with Crippen LogP contribution in [0.25, 0.3) is 0 Å². The molecule has 4 nitrogen and oxygen atoms in total. The number of hydrogen-bond acceptors (Lipinski definition) is 3. The number of sulfone groups is 1. The zero-order valence-electron chi connectivity index (χ0n) is 12.5. The van der Waals surface area contributed by atoms with E-state index in [9.17, 15) is 13.2 Å². The van der Waals surface area contributed by atoms with Gasteiger partial charge in [0, 0.05) is 12.8 Å². The van der Waals surface area contributed by atoms with Gasteiger partial charge < -0.3 is 5.32 Å². The first-order chi connectivity index (χ1) is 8.55. The lowest BCUT2D eigenvalue weighted by Gasteiger charge is -2.05. The average molecular weight is 287 g/mol. The van der Waals surface area contributed by atoms with Gasteiger partial charge in [-0.05, 0) is 31.6 Å².